The molecule has 0 N–H and O–H groups in total. The predicted octanol–water partition coefficient (Wildman–Crippen LogP) is 18.0. The van der Waals surface area contributed by atoms with Gasteiger partial charge in [0, 0.05) is 49.7 Å². The third kappa shape index (κ3) is 6.76. The van der Waals surface area contributed by atoms with E-state index in [0.29, 0.717) is 0 Å². The minimum absolute atomic E-state index is 0.893. The molecular formula is C64H42N2O. The van der Waals surface area contributed by atoms with Gasteiger partial charge in [0.1, 0.15) is 11.2 Å². The Morgan fingerprint density at radius 2 is 0.731 bits per heavy atom. The maximum atomic E-state index is 6.57. The van der Waals surface area contributed by atoms with Gasteiger partial charge in [0.15, 0.2) is 0 Å². The number of hydrogen-bond acceptors (Lipinski definition) is 2. The van der Waals surface area contributed by atoms with Crippen molar-refractivity contribution in [3.63, 3.8) is 0 Å². The number of anilines is 3. The van der Waals surface area contributed by atoms with Gasteiger partial charge in [-0.05, 0) is 135 Å². The van der Waals surface area contributed by atoms with Gasteiger partial charge in [-0.3, -0.25) is 0 Å². The molecule has 0 amide bonds. The van der Waals surface area contributed by atoms with Gasteiger partial charge in [-0.15, -0.1) is 0 Å². The van der Waals surface area contributed by atoms with Crippen LogP contribution in [0.15, 0.2) is 259 Å². The first-order valence-electron chi connectivity index (χ1n) is 22.9. The van der Waals surface area contributed by atoms with Crippen molar-refractivity contribution in [3.8, 4) is 50.2 Å². The van der Waals surface area contributed by atoms with E-state index in [4.69, 9.17) is 4.42 Å². The van der Waals surface area contributed by atoms with E-state index in [2.05, 4.69) is 264 Å². The van der Waals surface area contributed by atoms with Crippen LogP contribution in [0.2, 0.25) is 0 Å². The van der Waals surface area contributed by atoms with E-state index in [0.717, 1.165) is 66.8 Å². The summed E-state index contributed by atoms with van der Waals surface area (Å²) in [6, 6.07) is 91.8. The summed E-state index contributed by atoms with van der Waals surface area (Å²) in [7, 11) is 0. The fraction of sp³-hybridized carbons (Fsp3) is 0. The Balaban J connectivity index is 0.864. The van der Waals surface area contributed by atoms with Crippen molar-refractivity contribution in [1.82, 2.24) is 4.57 Å². The molecular weight excluding hydrogens is 813 g/mol. The quantitative estimate of drug-likeness (QED) is 0.152. The lowest BCUT2D eigenvalue weighted by Gasteiger charge is -2.26. The maximum Gasteiger partial charge on any atom is 0.143 e. The maximum absolute atomic E-state index is 6.57. The average Bonchev–Trinajstić information content (AvgIpc) is 3.96. The van der Waals surface area contributed by atoms with E-state index < -0.39 is 0 Å². The van der Waals surface area contributed by atoms with E-state index >= 15 is 0 Å². The number of para-hydroxylation sites is 2. The molecule has 2 heterocycles. The Kier molecular flexibility index (Phi) is 9.17. The summed E-state index contributed by atoms with van der Waals surface area (Å²) in [4.78, 5) is 2.35. The Hall–Kier alpha value is -8.92. The Labute approximate surface area is 388 Å². The van der Waals surface area contributed by atoms with E-state index in [1.54, 1.807) is 0 Å². The molecule has 0 saturated heterocycles. The standard InChI is InChI=1S/C64H42N2O/c1-2-12-43(13-3-1)48-15-10-16-49(40-48)44-24-32-52(33-25-44)65(54-36-28-46(29-37-54)51-31-38-59-60-39-30-47-14-4-5-19-56(47)64(60)67-63(59)42-51)53-34-26-45(27-35-53)50-17-11-18-55(41-50)66-61-22-8-6-20-57(61)58-21-7-9-23-62(58)66/h1-42H. The van der Waals surface area contributed by atoms with Crippen LogP contribution in [-0.2, 0) is 0 Å². The van der Waals surface area contributed by atoms with E-state index in [-0.39, 0.29) is 0 Å². The van der Waals surface area contributed by atoms with Gasteiger partial charge in [-0.1, -0.05) is 170 Å². The molecule has 13 rings (SSSR count). The molecule has 0 unspecified atom stereocenters. The third-order valence-corrected chi connectivity index (χ3v) is 13.4. The first kappa shape index (κ1) is 38.5. The predicted molar refractivity (Wildman–Crippen MR) is 282 cm³/mol. The zero-order valence-corrected chi connectivity index (χ0v) is 36.6. The Bertz CT molecular complexity index is 3900. The van der Waals surface area contributed by atoms with Crippen LogP contribution < -0.4 is 4.90 Å². The summed E-state index contributed by atoms with van der Waals surface area (Å²) in [5.41, 5.74) is 17.9. The molecule has 0 aliphatic rings. The molecule has 3 heteroatoms. The van der Waals surface area contributed by atoms with Crippen molar-refractivity contribution in [2.45, 2.75) is 0 Å². The fourth-order valence-corrected chi connectivity index (χ4v) is 10.1. The number of nitrogens with zero attached hydrogens (tertiary/aromatic N) is 2. The van der Waals surface area contributed by atoms with Crippen molar-refractivity contribution in [2.24, 2.45) is 0 Å². The van der Waals surface area contributed by atoms with Crippen molar-refractivity contribution in [2.75, 3.05) is 4.90 Å². The molecule has 0 saturated carbocycles. The number of aromatic nitrogens is 1. The summed E-state index contributed by atoms with van der Waals surface area (Å²) in [6.07, 6.45) is 0. The van der Waals surface area contributed by atoms with Crippen LogP contribution in [0.4, 0.5) is 17.1 Å². The summed E-state index contributed by atoms with van der Waals surface area (Å²) < 4.78 is 8.95. The molecule has 0 bridgehead atoms. The second-order valence-electron chi connectivity index (χ2n) is 17.3. The molecule has 11 aromatic carbocycles. The molecule has 0 radical (unpaired) electrons. The van der Waals surface area contributed by atoms with Crippen LogP contribution in [-0.4, -0.2) is 4.57 Å². The van der Waals surface area contributed by atoms with Gasteiger partial charge in [0.25, 0.3) is 0 Å². The summed E-state index contributed by atoms with van der Waals surface area (Å²) in [5, 5.41) is 7.11. The van der Waals surface area contributed by atoms with E-state index in [9.17, 15) is 0 Å². The van der Waals surface area contributed by atoms with Crippen LogP contribution in [0, 0.1) is 0 Å². The van der Waals surface area contributed by atoms with Crippen LogP contribution in [0.5, 0.6) is 0 Å². The minimum Gasteiger partial charge on any atom is -0.455 e. The Morgan fingerprint density at radius 1 is 0.284 bits per heavy atom. The molecule has 0 aliphatic heterocycles. The Morgan fingerprint density at radius 3 is 1.34 bits per heavy atom. The lowest BCUT2D eigenvalue weighted by molar-refractivity contribution is 0.673. The van der Waals surface area contributed by atoms with Gasteiger partial charge in [-0.25, -0.2) is 0 Å². The molecule has 67 heavy (non-hydrogen) atoms. The molecule has 3 nitrogen and oxygen atoms in total. The van der Waals surface area contributed by atoms with Gasteiger partial charge in [-0.2, -0.15) is 0 Å². The molecule has 0 aliphatic carbocycles. The highest BCUT2D eigenvalue weighted by Crippen LogP contribution is 2.41. The van der Waals surface area contributed by atoms with Crippen molar-refractivity contribution < 1.29 is 4.42 Å². The highest BCUT2D eigenvalue weighted by Gasteiger charge is 2.17. The van der Waals surface area contributed by atoms with Crippen LogP contribution in [0.25, 0.3) is 105 Å². The molecule has 314 valence electrons. The van der Waals surface area contributed by atoms with Gasteiger partial charge in [0.2, 0.25) is 0 Å². The zero-order chi connectivity index (χ0) is 44.3. The number of fused-ring (bicyclic) bond motifs is 8. The highest BCUT2D eigenvalue weighted by molar-refractivity contribution is 6.15. The van der Waals surface area contributed by atoms with Crippen LogP contribution in [0.3, 0.4) is 0 Å². The minimum atomic E-state index is 0.893. The van der Waals surface area contributed by atoms with Crippen molar-refractivity contribution in [3.05, 3.63) is 255 Å². The normalized spacial score (nSPS) is 11.6. The van der Waals surface area contributed by atoms with Gasteiger partial charge < -0.3 is 13.9 Å². The van der Waals surface area contributed by atoms with E-state index in [1.807, 2.05) is 0 Å². The van der Waals surface area contributed by atoms with Crippen LogP contribution in [0.1, 0.15) is 0 Å². The largest absolute Gasteiger partial charge is 0.455 e. The highest BCUT2D eigenvalue weighted by atomic mass is 16.3. The van der Waals surface area contributed by atoms with Gasteiger partial charge >= 0.3 is 0 Å². The number of benzene rings is 11. The number of rotatable bonds is 8. The number of hydrogen-bond donors (Lipinski definition) is 0. The van der Waals surface area contributed by atoms with E-state index in [1.165, 1.54) is 55.0 Å². The van der Waals surface area contributed by atoms with Crippen molar-refractivity contribution >= 4 is 71.6 Å². The molecule has 2 aromatic heterocycles. The first-order chi connectivity index (χ1) is 33.2. The topological polar surface area (TPSA) is 21.3 Å². The zero-order valence-electron chi connectivity index (χ0n) is 36.6. The lowest BCUT2D eigenvalue weighted by atomic mass is 9.98. The number of furan rings is 1. The smallest absolute Gasteiger partial charge is 0.143 e. The molecule has 0 atom stereocenters. The summed E-state index contributed by atoms with van der Waals surface area (Å²) >= 11 is 0. The molecule has 13 aromatic rings. The van der Waals surface area contributed by atoms with Gasteiger partial charge in [0.05, 0.1) is 11.0 Å². The third-order valence-electron chi connectivity index (χ3n) is 13.4. The van der Waals surface area contributed by atoms with Crippen LogP contribution >= 0.6 is 0 Å². The SMILES string of the molecule is c1ccc(-c2cccc(-c3ccc(N(c4ccc(-c5cccc(-n6c7ccccc7c7ccccc76)c5)cc4)c4ccc(-c5ccc6c(c5)oc5c7ccccc7ccc65)cc4)cc3)c2)cc1. The second kappa shape index (κ2) is 16.0. The first-order valence-corrected chi connectivity index (χ1v) is 22.9. The average molecular weight is 855 g/mol. The fourth-order valence-electron chi connectivity index (χ4n) is 10.1. The lowest BCUT2D eigenvalue weighted by Crippen LogP contribution is -2.09. The molecule has 0 spiro atoms. The monoisotopic (exact) mass is 854 g/mol. The summed E-state index contributed by atoms with van der Waals surface area (Å²) in [5.74, 6) is 0. The van der Waals surface area contributed by atoms with Crippen molar-refractivity contribution in [1.29, 1.82) is 0 Å². The molecule has 0 fully saturated rings. The second-order valence-corrected chi connectivity index (χ2v) is 17.3. The summed E-state index contributed by atoms with van der Waals surface area (Å²) in [6.45, 7) is 0.